The second kappa shape index (κ2) is 18.2. The number of methoxy groups -OCH3 is 1. The molecule has 0 atom stereocenters. The lowest BCUT2D eigenvalue weighted by atomic mass is 10.0. The number of nitrogen functional groups attached to an aromatic ring is 3. The second-order valence-corrected chi connectivity index (χ2v) is 14.5. The van der Waals surface area contributed by atoms with Gasteiger partial charge in [-0.05, 0) is 113 Å². The number of nitrogens with zero attached hydrogens (tertiary/aromatic N) is 4. The molecule has 3 heterocycles. The third-order valence-corrected chi connectivity index (χ3v) is 8.74. The zero-order valence-electron chi connectivity index (χ0n) is 32.7. The van der Waals surface area contributed by atoms with Crippen molar-refractivity contribution in [2.75, 3.05) is 29.6 Å². The molecule has 7 N–H and O–H groups in total. The number of nitrogens with two attached hydrogens (primary N) is 3. The average molecular weight is 854 g/mol. The molecule has 0 aliphatic carbocycles. The molecule has 1 amide bonds. The van der Waals surface area contributed by atoms with Crippen molar-refractivity contribution in [1.29, 1.82) is 0 Å². The lowest BCUT2D eigenvalue weighted by molar-refractivity contribution is 0.0597. The lowest BCUT2D eigenvalue weighted by Gasteiger charge is -2.20. The van der Waals surface area contributed by atoms with Crippen LogP contribution in [-0.4, -0.2) is 44.4 Å². The lowest BCUT2D eigenvalue weighted by Crippen LogP contribution is -2.27. The van der Waals surface area contributed by atoms with Gasteiger partial charge in [-0.1, -0.05) is 28.1 Å². The number of benzene rings is 3. The third-order valence-electron chi connectivity index (χ3n) is 8.09. The quantitative estimate of drug-likeness (QED) is 0.0710. The molecule has 0 spiro atoms. The van der Waals surface area contributed by atoms with Crippen molar-refractivity contribution in [3.63, 3.8) is 0 Å². The number of esters is 1. The van der Waals surface area contributed by atoms with E-state index >= 15 is 0 Å². The Balaban J connectivity index is 0.000000203. The van der Waals surface area contributed by atoms with Crippen molar-refractivity contribution in [2.24, 2.45) is 0 Å². The summed E-state index contributed by atoms with van der Waals surface area (Å²) in [6.45, 7) is 12.2. The first-order chi connectivity index (χ1) is 26.7. The minimum absolute atomic E-state index is 0.0626. The van der Waals surface area contributed by atoms with Gasteiger partial charge in [-0.25, -0.2) is 22.8 Å². The van der Waals surface area contributed by atoms with E-state index in [0.29, 0.717) is 45.7 Å². The van der Waals surface area contributed by atoms with Gasteiger partial charge in [0.1, 0.15) is 28.8 Å². The molecule has 6 aromatic rings. The highest BCUT2D eigenvalue weighted by atomic mass is 79.9. The number of halogens is 4. The number of carbonyl (C=O) groups is 2. The van der Waals surface area contributed by atoms with Gasteiger partial charge in [-0.15, -0.1) is 0 Å². The Hall–Kier alpha value is -6.10. The molecule has 13 nitrogen and oxygen atoms in total. The van der Waals surface area contributed by atoms with E-state index in [1.807, 2.05) is 25.1 Å². The van der Waals surface area contributed by atoms with Crippen LogP contribution in [0.3, 0.4) is 0 Å². The number of nitrogens with one attached hydrogen (secondary N) is 1. The van der Waals surface area contributed by atoms with Gasteiger partial charge in [-0.2, -0.15) is 19.6 Å². The molecule has 3 aromatic carbocycles. The predicted molar refractivity (Wildman–Crippen MR) is 217 cm³/mol. The van der Waals surface area contributed by atoms with Gasteiger partial charge >= 0.3 is 12.1 Å². The van der Waals surface area contributed by atoms with Crippen molar-refractivity contribution < 1.29 is 36.7 Å². The summed E-state index contributed by atoms with van der Waals surface area (Å²) in [5.74, 6) is -0.180. The Morgan fingerprint density at radius 1 is 0.860 bits per heavy atom. The summed E-state index contributed by atoms with van der Waals surface area (Å²) in [7, 11) is 1.24. The van der Waals surface area contributed by atoms with E-state index in [9.17, 15) is 22.8 Å². The van der Waals surface area contributed by atoms with Gasteiger partial charge in [0.05, 0.1) is 35.9 Å². The molecule has 0 fully saturated rings. The van der Waals surface area contributed by atoms with Crippen molar-refractivity contribution in [2.45, 2.75) is 65.8 Å². The minimum atomic E-state index is -0.656. The predicted octanol–water partition coefficient (Wildman–Crippen LogP) is 8.77. The number of alkyl halides is 1. The number of hydrogen-bond acceptors (Lipinski definition) is 11. The van der Waals surface area contributed by atoms with E-state index in [0.717, 1.165) is 28.5 Å². The molecule has 3 aromatic heterocycles. The van der Waals surface area contributed by atoms with Crippen molar-refractivity contribution in [1.82, 2.24) is 19.6 Å². The van der Waals surface area contributed by atoms with Crippen LogP contribution in [0.15, 0.2) is 59.1 Å². The maximum Gasteiger partial charge on any atom is 0.412 e. The SMILES string of the molecule is COC(=O)c1cc(C)c(N)c(F)c1.Cc1cc(CBr)cc(F)c1NC(=O)OC(C)(C)C.Cc1ccc(-c2nc(N)nc3c(Cc4cc(C)c(N)c(F)c4)cnn23)o1. The first-order valence-corrected chi connectivity index (χ1v) is 18.4. The number of aryl methyl sites for hydroxylation is 4. The Kier molecular flexibility index (Phi) is 14.0. The molecule has 0 radical (unpaired) electrons. The molecule has 0 saturated heterocycles. The van der Waals surface area contributed by atoms with Gasteiger partial charge in [-0.3, -0.25) is 5.32 Å². The fourth-order valence-electron chi connectivity index (χ4n) is 5.37. The molecule has 0 unspecified atom stereocenters. The highest BCUT2D eigenvalue weighted by Crippen LogP contribution is 2.26. The monoisotopic (exact) mass is 852 g/mol. The largest absolute Gasteiger partial charge is 0.465 e. The normalized spacial score (nSPS) is 10.9. The number of rotatable bonds is 6. The van der Waals surface area contributed by atoms with Crippen LogP contribution in [0, 0.1) is 45.1 Å². The van der Waals surface area contributed by atoms with Crippen LogP contribution in [-0.2, 0) is 21.2 Å². The number of hydrogen-bond donors (Lipinski definition) is 4. The van der Waals surface area contributed by atoms with Gasteiger partial charge < -0.3 is 31.1 Å². The fourth-order valence-corrected chi connectivity index (χ4v) is 5.70. The molecule has 302 valence electrons. The van der Waals surface area contributed by atoms with Crippen molar-refractivity contribution in [3.8, 4) is 11.6 Å². The average Bonchev–Trinajstić information content (AvgIpc) is 3.75. The number of amides is 1. The molecule has 0 bridgehead atoms. The zero-order chi connectivity index (χ0) is 42.4. The Morgan fingerprint density at radius 2 is 1.47 bits per heavy atom. The van der Waals surface area contributed by atoms with Crippen LogP contribution in [0.1, 0.15) is 70.3 Å². The smallest absolute Gasteiger partial charge is 0.412 e. The van der Waals surface area contributed by atoms with Crippen LogP contribution in [0.5, 0.6) is 0 Å². The topological polar surface area (TPSA) is 199 Å². The zero-order valence-corrected chi connectivity index (χ0v) is 34.3. The van der Waals surface area contributed by atoms with E-state index in [2.05, 4.69) is 41.1 Å². The summed E-state index contributed by atoms with van der Waals surface area (Å²) < 4.78 is 57.5. The van der Waals surface area contributed by atoms with Gasteiger partial charge in [0.25, 0.3) is 0 Å². The first-order valence-electron chi connectivity index (χ1n) is 17.3. The Labute approximate surface area is 335 Å². The molecule has 0 aliphatic rings. The summed E-state index contributed by atoms with van der Waals surface area (Å²) in [5, 5.41) is 7.36. The highest BCUT2D eigenvalue weighted by molar-refractivity contribution is 9.08. The van der Waals surface area contributed by atoms with Crippen molar-refractivity contribution in [3.05, 3.63) is 117 Å². The second-order valence-electron chi connectivity index (χ2n) is 13.9. The van der Waals surface area contributed by atoms with E-state index < -0.39 is 35.1 Å². The van der Waals surface area contributed by atoms with E-state index in [1.54, 1.807) is 58.3 Å². The van der Waals surface area contributed by atoms with Crippen LogP contribution in [0.4, 0.5) is 41.0 Å². The summed E-state index contributed by atoms with van der Waals surface area (Å²) in [4.78, 5) is 31.1. The molecule has 0 aliphatic heterocycles. The Morgan fingerprint density at radius 3 is 2.02 bits per heavy atom. The third kappa shape index (κ3) is 11.2. The standard InChI is InChI=1S/C18H17FN6O.C13H17BrFNO2.C9H10FNO2/c1-9-5-11(7-13(19)15(9)20)6-12-8-22-25-16(12)23-18(21)24-17(25)14-4-3-10(2)26-14;1-8-5-9(7-14)6-10(15)11(8)16-12(17)18-13(2,3)4;1-5-3-6(9(12)13-2)4-7(10)8(5)11/h3-5,7-8H,6,20H2,1-2H3,(H2,21,23);5-6H,7H2,1-4H3,(H,16,17);3-4H,11H2,1-2H3. The Bertz CT molecular complexity index is 2360. The summed E-state index contributed by atoms with van der Waals surface area (Å²) in [6.07, 6.45) is 1.46. The molecular weight excluding hydrogens is 809 g/mol. The summed E-state index contributed by atoms with van der Waals surface area (Å²) in [6, 6.07) is 12.7. The number of furan rings is 1. The van der Waals surface area contributed by atoms with Crippen LogP contribution < -0.4 is 22.5 Å². The molecule has 6 rings (SSSR count). The van der Waals surface area contributed by atoms with E-state index in [-0.39, 0.29) is 28.6 Å². The number of fused-ring (bicyclic) bond motifs is 1. The number of carbonyl (C=O) groups excluding carboxylic acids is 2. The van der Waals surface area contributed by atoms with Gasteiger partial charge in [0.2, 0.25) is 11.8 Å². The number of ether oxygens (including phenoxy) is 2. The van der Waals surface area contributed by atoms with Crippen LogP contribution in [0.2, 0.25) is 0 Å². The minimum Gasteiger partial charge on any atom is -0.465 e. The van der Waals surface area contributed by atoms with Gasteiger partial charge in [0, 0.05) is 17.3 Å². The highest BCUT2D eigenvalue weighted by Gasteiger charge is 2.19. The molecular formula is C40H44BrF3N8O5. The number of aromatic nitrogens is 4. The maximum atomic E-state index is 13.9. The van der Waals surface area contributed by atoms with E-state index in [1.165, 1.54) is 25.3 Å². The van der Waals surface area contributed by atoms with E-state index in [4.69, 9.17) is 26.4 Å². The van der Waals surface area contributed by atoms with Crippen LogP contribution in [0.25, 0.3) is 17.2 Å². The molecule has 17 heteroatoms. The molecule has 0 saturated carbocycles. The number of anilines is 4. The van der Waals surface area contributed by atoms with Crippen molar-refractivity contribution >= 4 is 56.7 Å². The van der Waals surface area contributed by atoms with Crippen LogP contribution >= 0.6 is 15.9 Å². The van der Waals surface area contributed by atoms with Gasteiger partial charge in [0.15, 0.2) is 11.4 Å². The summed E-state index contributed by atoms with van der Waals surface area (Å²) in [5.41, 5.74) is 21.7. The molecule has 57 heavy (non-hydrogen) atoms. The maximum absolute atomic E-state index is 13.9. The fraction of sp³-hybridized carbons (Fsp3) is 0.275. The summed E-state index contributed by atoms with van der Waals surface area (Å²) >= 11 is 3.26. The first kappa shape index (κ1) is 43.6.